The lowest BCUT2D eigenvalue weighted by Gasteiger charge is -2.24. The van der Waals surface area contributed by atoms with Crippen molar-refractivity contribution >= 4 is 32.7 Å². The van der Waals surface area contributed by atoms with E-state index < -0.39 is 9.84 Å². The van der Waals surface area contributed by atoms with Crippen LogP contribution in [0.15, 0.2) is 59.6 Å². The molecule has 2 atom stereocenters. The van der Waals surface area contributed by atoms with Crippen LogP contribution < -0.4 is 9.47 Å². The Morgan fingerprint density at radius 2 is 1.84 bits per heavy atom. The number of para-hydroxylation sites is 1. The maximum absolute atomic E-state index is 12.4. The average Bonchev–Trinajstić information content (AvgIpc) is 3.22. The van der Waals surface area contributed by atoms with Crippen LogP contribution in [0.3, 0.4) is 0 Å². The number of benzene rings is 2. The third-order valence-corrected chi connectivity index (χ3v) is 8.55. The summed E-state index contributed by atoms with van der Waals surface area (Å²) in [6.07, 6.45) is 0.710. The van der Waals surface area contributed by atoms with Crippen molar-refractivity contribution in [2.24, 2.45) is 4.99 Å². The number of amides is 1. The monoisotopic (exact) mass is 460 g/mol. The van der Waals surface area contributed by atoms with E-state index in [9.17, 15) is 13.2 Å². The first kappa shape index (κ1) is 21.7. The van der Waals surface area contributed by atoms with Gasteiger partial charge in [0.15, 0.2) is 21.6 Å². The minimum Gasteiger partial charge on any atom is -0.497 e. The lowest BCUT2D eigenvalue weighted by molar-refractivity contribution is -0.119. The van der Waals surface area contributed by atoms with Gasteiger partial charge in [-0.2, -0.15) is 4.99 Å². The molecule has 0 unspecified atom stereocenters. The summed E-state index contributed by atoms with van der Waals surface area (Å²) in [5.41, 5.74) is 1.10. The number of rotatable bonds is 7. The molecule has 2 aliphatic heterocycles. The van der Waals surface area contributed by atoms with Gasteiger partial charge in [0.25, 0.3) is 5.91 Å². The number of aliphatic imine (C=N–C) groups is 1. The van der Waals surface area contributed by atoms with Gasteiger partial charge < -0.3 is 14.4 Å². The van der Waals surface area contributed by atoms with Crippen molar-refractivity contribution in [3.63, 3.8) is 0 Å². The zero-order chi connectivity index (χ0) is 21.8. The van der Waals surface area contributed by atoms with E-state index in [1.54, 1.807) is 19.2 Å². The van der Waals surface area contributed by atoms with Gasteiger partial charge in [-0.05, 0) is 36.2 Å². The highest BCUT2D eigenvalue weighted by Gasteiger charge is 2.48. The number of methoxy groups -OCH3 is 1. The number of ether oxygens (including phenoxy) is 2. The highest BCUT2D eigenvalue weighted by molar-refractivity contribution is 8.15. The molecule has 2 fully saturated rings. The highest BCUT2D eigenvalue weighted by atomic mass is 32.2. The summed E-state index contributed by atoms with van der Waals surface area (Å²) in [4.78, 5) is 18.7. The molecule has 2 aliphatic rings. The zero-order valence-corrected chi connectivity index (χ0v) is 18.8. The Balaban J connectivity index is 1.45. The van der Waals surface area contributed by atoms with E-state index >= 15 is 0 Å². The molecule has 164 valence electrons. The summed E-state index contributed by atoms with van der Waals surface area (Å²) in [6, 6.07) is 16.7. The normalized spacial score (nSPS) is 23.0. The lowest BCUT2D eigenvalue weighted by atomic mass is 10.1. The Bertz CT molecular complexity index is 1060. The predicted octanol–water partition coefficient (Wildman–Crippen LogP) is 2.41. The third kappa shape index (κ3) is 5.40. The number of carbonyl (C=O) groups excluding carboxylic acids is 1. The van der Waals surface area contributed by atoms with Gasteiger partial charge in [0.1, 0.15) is 11.5 Å². The zero-order valence-electron chi connectivity index (χ0n) is 17.1. The fourth-order valence-electron chi connectivity index (χ4n) is 3.74. The number of thioether (sulfide) groups is 1. The second kappa shape index (κ2) is 9.32. The van der Waals surface area contributed by atoms with Crippen LogP contribution in [0, 0.1) is 0 Å². The molecular weight excluding hydrogens is 436 g/mol. The van der Waals surface area contributed by atoms with E-state index in [2.05, 4.69) is 4.99 Å². The standard InChI is InChI=1S/C22H24N2O5S2/c1-28-17-9-7-16(8-10-17)11-12-24-19-14-31(26,27)15-20(19)30-22(24)23-21(25)13-29-18-5-3-2-4-6-18/h2-10,19-20H,11-15H2,1H3/t19-,20-/m1/s1. The van der Waals surface area contributed by atoms with Crippen LogP contribution in [-0.4, -0.2) is 67.5 Å². The third-order valence-electron chi connectivity index (χ3n) is 5.30. The number of carbonyl (C=O) groups is 1. The second-order valence-corrected chi connectivity index (χ2v) is 10.8. The first-order valence-corrected chi connectivity index (χ1v) is 12.7. The van der Waals surface area contributed by atoms with Crippen molar-refractivity contribution in [2.45, 2.75) is 17.7 Å². The molecule has 31 heavy (non-hydrogen) atoms. The van der Waals surface area contributed by atoms with Gasteiger partial charge in [-0.1, -0.05) is 42.1 Å². The molecule has 1 amide bonds. The minimum absolute atomic E-state index is 0.0949. The summed E-state index contributed by atoms with van der Waals surface area (Å²) in [5, 5.41) is 0.488. The van der Waals surface area contributed by atoms with Crippen LogP contribution in [0.4, 0.5) is 0 Å². The van der Waals surface area contributed by atoms with Crippen molar-refractivity contribution < 1.29 is 22.7 Å². The van der Waals surface area contributed by atoms with Gasteiger partial charge in [0.05, 0.1) is 24.7 Å². The van der Waals surface area contributed by atoms with Crippen molar-refractivity contribution in [2.75, 3.05) is 31.8 Å². The Kier molecular flexibility index (Phi) is 6.52. The van der Waals surface area contributed by atoms with Crippen LogP contribution in [0.25, 0.3) is 0 Å². The summed E-state index contributed by atoms with van der Waals surface area (Å²) in [6.45, 7) is 0.426. The largest absolute Gasteiger partial charge is 0.497 e. The van der Waals surface area contributed by atoms with Crippen molar-refractivity contribution in [1.29, 1.82) is 0 Å². The minimum atomic E-state index is -3.07. The Morgan fingerprint density at radius 1 is 1.10 bits per heavy atom. The smallest absolute Gasteiger partial charge is 0.285 e. The summed E-state index contributed by atoms with van der Waals surface area (Å²) >= 11 is 1.38. The lowest BCUT2D eigenvalue weighted by Crippen LogP contribution is -2.39. The van der Waals surface area contributed by atoms with Gasteiger partial charge in [0, 0.05) is 11.8 Å². The maximum atomic E-state index is 12.4. The SMILES string of the molecule is COc1ccc(CCN2C(=NC(=O)COc3ccccc3)S[C@@H]3CS(=O)(=O)C[C@H]32)cc1. The molecule has 0 bridgehead atoms. The van der Waals surface area contributed by atoms with Crippen LogP contribution >= 0.6 is 11.8 Å². The van der Waals surface area contributed by atoms with Crippen LogP contribution in [0.1, 0.15) is 5.56 Å². The maximum Gasteiger partial charge on any atom is 0.285 e. The molecule has 7 nitrogen and oxygen atoms in total. The highest BCUT2D eigenvalue weighted by Crippen LogP contribution is 2.38. The van der Waals surface area contributed by atoms with Crippen LogP contribution in [0.5, 0.6) is 11.5 Å². The van der Waals surface area contributed by atoms with E-state index in [0.717, 1.165) is 11.3 Å². The molecule has 0 radical (unpaired) electrons. The fraction of sp³-hybridized carbons (Fsp3) is 0.364. The van der Waals surface area contributed by atoms with E-state index in [-0.39, 0.29) is 35.3 Å². The molecule has 2 aromatic rings. The molecule has 9 heteroatoms. The second-order valence-electron chi connectivity index (χ2n) is 7.48. The van der Waals surface area contributed by atoms with Gasteiger partial charge in [-0.25, -0.2) is 8.42 Å². The van der Waals surface area contributed by atoms with E-state index in [1.807, 2.05) is 47.4 Å². The molecule has 0 aromatic heterocycles. The summed E-state index contributed by atoms with van der Waals surface area (Å²) in [5.74, 6) is 1.22. The molecule has 0 aliphatic carbocycles. The first-order valence-electron chi connectivity index (χ1n) is 9.99. The number of fused-ring (bicyclic) bond motifs is 1. The molecule has 0 N–H and O–H groups in total. The van der Waals surface area contributed by atoms with Gasteiger partial charge in [-0.15, -0.1) is 0 Å². The summed E-state index contributed by atoms with van der Waals surface area (Å²) < 4.78 is 35.0. The van der Waals surface area contributed by atoms with Crippen molar-refractivity contribution in [3.8, 4) is 11.5 Å². The summed E-state index contributed by atoms with van der Waals surface area (Å²) in [7, 11) is -1.45. The Hall–Kier alpha value is -2.52. The number of hydrogen-bond acceptors (Lipinski definition) is 6. The van der Waals surface area contributed by atoms with Gasteiger partial charge >= 0.3 is 0 Å². The molecule has 0 saturated carbocycles. The topological polar surface area (TPSA) is 85.3 Å². The molecule has 2 saturated heterocycles. The number of sulfone groups is 1. The van der Waals surface area contributed by atoms with Crippen molar-refractivity contribution in [1.82, 2.24) is 4.90 Å². The number of hydrogen-bond donors (Lipinski definition) is 0. The average molecular weight is 461 g/mol. The van der Waals surface area contributed by atoms with Crippen LogP contribution in [-0.2, 0) is 21.1 Å². The molecule has 4 rings (SSSR count). The quantitative estimate of drug-likeness (QED) is 0.627. The Labute approximate surface area is 186 Å². The molecule has 2 aromatic carbocycles. The Morgan fingerprint density at radius 3 is 2.55 bits per heavy atom. The van der Waals surface area contributed by atoms with E-state index in [0.29, 0.717) is 23.9 Å². The van der Waals surface area contributed by atoms with E-state index in [4.69, 9.17) is 9.47 Å². The molecule has 2 heterocycles. The first-order chi connectivity index (χ1) is 14.9. The van der Waals surface area contributed by atoms with Gasteiger partial charge in [-0.3, -0.25) is 4.79 Å². The fourth-order valence-corrected chi connectivity index (χ4v) is 7.73. The number of nitrogens with zero attached hydrogens (tertiary/aromatic N) is 2. The van der Waals surface area contributed by atoms with Gasteiger partial charge in [0.2, 0.25) is 0 Å². The van der Waals surface area contributed by atoms with Crippen molar-refractivity contribution in [3.05, 3.63) is 60.2 Å². The molecular formula is C22H24N2O5S2. The molecule has 0 spiro atoms. The van der Waals surface area contributed by atoms with E-state index in [1.165, 1.54) is 11.8 Å². The van der Waals surface area contributed by atoms with Crippen LogP contribution in [0.2, 0.25) is 0 Å². The predicted molar refractivity (Wildman–Crippen MR) is 122 cm³/mol. The number of amidine groups is 1.